The van der Waals surface area contributed by atoms with Gasteiger partial charge in [-0.2, -0.15) is 10.2 Å². The predicted molar refractivity (Wildman–Crippen MR) is 79.6 cm³/mol. The van der Waals surface area contributed by atoms with Crippen LogP contribution in [0.15, 0.2) is 52.7 Å². The Hall–Kier alpha value is -2.20. The second-order valence-corrected chi connectivity index (χ2v) is 4.34. The Morgan fingerprint density at radius 2 is 1.60 bits per heavy atom. The molecule has 0 N–H and O–H groups in total. The highest BCUT2D eigenvalue weighted by Gasteiger charge is 1.98. The lowest BCUT2D eigenvalue weighted by molar-refractivity contribution is 0.415. The van der Waals surface area contributed by atoms with E-state index in [0.29, 0.717) is 5.56 Å². The number of hydrogen-bond donors (Lipinski definition) is 0. The first-order valence-corrected chi connectivity index (χ1v) is 6.22. The summed E-state index contributed by atoms with van der Waals surface area (Å²) < 4.78 is 18.2. The normalized spacial score (nSPS) is 11.3. The minimum Gasteiger partial charge on any atom is -0.497 e. The summed E-state index contributed by atoms with van der Waals surface area (Å²) in [6.45, 7) is 0. The van der Waals surface area contributed by atoms with E-state index in [4.69, 9.17) is 16.3 Å². The van der Waals surface area contributed by atoms with Crippen LogP contribution in [0.4, 0.5) is 4.39 Å². The molecule has 0 radical (unpaired) electrons. The zero-order valence-corrected chi connectivity index (χ0v) is 11.5. The van der Waals surface area contributed by atoms with Crippen molar-refractivity contribution in [2.24, 2.45) is 10.2 Å². The van der Waals surface area contributed by atoms with Crippen molar-refractivity contribution in [3.8, 4) is 5.75 Å². The summed E-state index contributed by atoms with van der Waals surface area (Å²) in [5.74, 6) is 0.303. The molecule has 0 aromatic heterocycles. The van der Waals surface area contributed by atoms with E-state index in [1.807, 2.05) is 24.3 Å². The highest BCUT2D eigenvalue weighted by atomic mass is 35.5. The summed E-state index contributed by atoms with van der Waals surface area (Å²) in [6.07, 6.45) is 3.06. The fourth-order valence-electron chi connectivity index (χ4n) is 1.48. The molecule has 20 heavy (non-hydrogen) atoms. The quantitative estimate of drug-likeness (QED) is 0.620. The van der Waals surface area contributed by atoms with Gasteiger partial charge in [0.15, 0.2) is 0 Å². The first-order chi connectivity index (χ1) is 9.69. The molecule has 3 nitrogen and oxygen atoms in total. The number of methoxy groups -OCH3 is 1. The van der Waals surface area contributed by atoms with Crippen molar-refractivity contribution in [2.75, 3.05) is 7.11 Å². The van der Waals surface area contributed by atoms with Gasteiger partial charge < -0.3 is 4.74 Å². The molecule has 0 aliphatic heterocycles. The summed E-state index contributed by atoms with van der Waals surface area (Å²) in [5.41, 5.74) is 1.49. The van der Waals surface area contributed by atoms with Crippen LogP contribution in [0.1, 0.15) is 11.1 Å². The first-order valence-electron chi connectivity index (χ1n) is 5.84. The SMILES string of the molecule is COc1ccc(C=NN=Cc2ccc(Cl)c(F)c2)cc1. The molecule has 0 aliphatic rings. The third kappa shape index (κ3) is 3.90. The van der Waals surface area contributed by atoms with Crippen LogP contribution in [0.25, 0.3) is 0 Å². The molecule has 2 aromatic rings. The van der Waals surface area contributed by atoms with Crippen molar-refractivity contribution in [2.45, 2.75) is 0 Å². The second-order valence-electron chi connectivity index (χ2n) is 3.94. The van der Waals surface area contributed by atoms with E-state index in [1.165, 1.54) is 18.3 Å². The molecule has 0 bridgehead atoms. The third-order valence-corrected chi connectivity index (χ3v) is 2.85. The molecule has 5 heteroatoms. The largest absolute Gasteiger partial charge is 0.497 e. The van der Waals surface area contributed by atoms with Gasteiger partial charge in [-0.25, -0.2) is 4.39 Å². The Labute approximate surface area is 121 Å². The number of nitrogens with zero attached hydrogens (tertiary/aromatic N) is 2. The van der Waals surface area contributed by atoms with Gasteiger partial charge in [-0.05, 0) is 47.5 Å². The molecule has 0 atom stereocenters. The lowest BCUT2D eigenvalue weighted by Gasteiger charge is -1.98. The van der Waals surface area contributed by atoms with Gasteiger partial charge in [-0.15, -0.1) is 0 Å². The maximum atomic E-state index is 13.2. The fourth-order valence-corrected chi connectivity index (χ4v) is 1.60. The minimum atomic E-state index is -0.477. The first kappa shape index (κ1) is 14.2. The molecule has 2 rings (SSSR count). The lowest BCUT2D eigenvalue weighted by Crippen LogP contribution is -1.85. The number of halogens is 2. The summed E-state index contributed by atoms with van der Waals surface area (Å²) in [4.78, 5) is 0. The topological polar surface area (TPSA) is 34.0 Å². The van der Waals surface area contributed by atoms with Gasteiger partial charge in [0, 0.05) is 0 Å². The van der Waals surface area contributed by atoms with E-state index in [-0.39, 0.29) is 5.02 Å². The van der Waals surface area contributed by atoms with Crippen LogP contribution >= 0.6 is 11.6 Å². The van der Waals surface area contributed by atoms with Crippen molar-refractivity contribution in [1.82, 2.24) is 0 Å². The second kappa shape index (κ2) is 6.82. The van der Waals surface area contributed by atoms with Crippen LogP contribution in [-0.4, -0.2) is 19.5 Å². The van der Waals surface area contributed by atoms with Crippen LogP contribution in [0.3, 0.4) is 0 Å². The number of rotatable bonds is 4. The van der Waals surface area contributed by atoms with Crippen LogP contribution in [0, 0.1) is 5.82 Å². The maximum Gasteiger partial charge on any atom is 0.142 e. The molecule has 0 saturated heterocycles. The van der Waals surface area contributed by atoms with Crippen molar-refractivity contribution in [3.05, 3.63) is 64.4 Å². The Morgan fingerprint density at radius 1 is 1.00 bits per heavy atom. The van der Waals surface area contributed by atoms with Gasteiger partial charge in [0.1, 0.15) is 11.6 Å². The summed E-state index contributed by atoms with van der Waals surface area (Å²) in [5, 5.41) is 7.83. The van der Waals surface area contributed by atoms with Crippen molar-refractivity contribution >= 4 is 24.0 Å². The summed E-state index contributed by atoms with van der Waals surface area (Å²) in [7, 11) is 1.61. The smallest absolute Gasteiger partial charge is 0.142 e. The molecule has 0 fully saturated rings. The maximum absolute atomic E-state index is 13.2. The molecule has 102 valence electrons. The van der Waals surface area contributed by atoms with Crippen molar-refractivity contribution in [1.29, 1.82) is 0 Å². The molecular weight excluding hydrogens is 279 g/mol. The van der Waals surface area contributed by atoms with Gasteiger partial charge in [0.2, 0.25) is 0 Å². The Bertz CT molecular complexity index is 639. The van der Waals surface area contributed by atoms with Crippen molar-refractivity contribution in [3.63, 3.8) is 0 Å². The van der Waals surface area contributed by atoms with Gasteiger partial charge in [-0.3, -0.25) is 0 Å². The van der Waals surface area contributed by atoms with Crippen LogP contribution in [-0.2, 0) is 0 Å². The number of ether oxygens (including phenoxy) is 1. The van der Waals surface area contributed by atoms with E-state index >= 15 is 0 Å². The number of hydrogen-bond acceptors (Lipinski definition) is 3. The zero-order chi connectivity index (χ0) is 14.4. The zero-order valence-electron chi connectivity index (χ0n) is 10.8. The van der Waals surface area contributed by atoms with Crippen LogP contribution < -0.4 is 4.74 Å². The minimum absolute atomic E-state index is 0.0869. The van der Waals surface area contributed by atoms with Crippen LogP contribution in [0.5, 0.6) is 5.75 Å². The van der Waals surface area contributed by atoms with Gasteiger partial charge >= 0.3 is 0 Å². The molecule has 2 aromatic carbocycles. The molecule has 0 heterocycles. The van der Waals surface area contributed by atoms with Gasteiger partial charge in [-0.1, -0.05) is 17.7 Å². The molecule has 0 spiro atoms. The molecule has 0 saturated carbocycles. The Kier molecular flexibility index (Phi) is 4.85. The van der Waals surface area contributed by atoms with E-state index in [9.17, 15) is 4.39 Å². The van der Waals surface area contributed by atoms with Gasteiger partial charge in [0.05, 0.1) is 24.6 Å². The molecule has 0 aliphatic carbocycles. The molecule has 0 amide bonds. The lowest BCUT2D eigenvalue weighted by atomic mass is 10.2. The van der Waals surface area contributed by atoms with Crippen LogP contribution in [0.2, 0.25) is 5.02 Å². The van der Waals surface area contributed by atoms with Gasteiger partial charge in [0.25, 0.3) is 0 Å². The summed E-state index contributed by atoms with van der Waals surface area (Å²) in [6, 6.07) is 11.8. The van der Waals surface area contributed by atoms with E-state index in [0.717, 1.165) is 11.3 Å². The fraction of sp³-hybridized carbons (Fsp3) is 0.0667. The average Bonchev–Trinajstić information content (AvgIpc) is 2.48. The molecule has 0 unspecified atom stereocenters. The van der Waals surface area contributed by atoms with E-state index < -0.39 is 5.82 Å². The Balaban J connectivity index is 2.01. The summed E-state index contributed by atoms with van der Waals surface area (Å²) >= 11 is 5.59. The average molecular weight is 291 g/mol. The molecular formula is C15H12ClFN2O. The highest BCUT2D eigenvalue weighted by Crippen LogP contribution is 2.14. The predicted octanol–water partition coefficient (Wildman–Crippen LogP) is 3.94. The van der Waals surface area contributed by atoms with Crippen molar-refractivity contribution < 1.29 is 9.13 Å². The Morgan fingerprint density at radius 3 is 2.20 bits per heavy atom. The number of benzene rings is 2. The standard InChI is InChI=1S/C15H12ClFN2O/c1-20-13-5-2-11(3-6-13)9-18-19-10-12-4-7-14(16)15(17)8-12/h2-10H,1H3. The van der Waals surface area contributed by atoms with E-state index in [2.05, 4.69) is 10.2 Å². The third-order valence-electron chi connectivity index (χ3n) is 2.54. The van der Waals surface area contributed by atoms with E-state index in [1.54, 1.807) is 19.4 Å². The highest BCUT2D eigenvalue weighted by molar-refractivity contribution is 6.30. The monoisotopic (exact) mass is 290 g/mol.